The summed E-state index contributed by atoms with van der Waals surface area (Å²) in [5, 5.41) is 23.3. The predicted octanol–water partition coefficient (Wildman–Crippen LogP) is 2.05. The van der Waals surface area contributed by atoms with E-state index in [0.29, 0.717) is 23.0 Å². The van der Waals surface area contributed by atoms with E-state index in [1.807, 2.05) is 0 Å². The topological polar surface area (TPSA) is 96.0 Å². The normalized spacial score (nSPS) is 17.7. The van der Waals surface area contributed by atoms with Crippen molar-refractivity contribution >= 4 is 17.4 Å². The molecular weight excluding hydrogens is 306 g/mol. The van der Waals surface area contributed by atoms with Crippen LogP contribution in [0.15, 0.2) is 29.4 Å². The van der Waals surface area contributed by atoms with Gasteiger partial charge >= 0.3 is 0 Å². The molecule has 0 radical (unpaired) electrons. The van der Waals surface area contributed by atoms with E-state index in [9.17, 15) is 10.1 Å². The summed E-state index contributed by atoms with van der Waals surface area (Å²) in [4.78, 5) is 10.6. The molecule has 9 heteroatoms. The van der Waals surface area contributed by atoms with Crippen molar-refractivity contribution in [3.05, 3.63) is 39.9 Å². The number of nitro groups is 1. The Morgan fingerprint density at radius 3 is 3.09 bits per heavy atom. The highest BCUT2D eigenvalue weighted by atomic mass is 32.2. The molecule has 116 valence electrons. The SMILES string of the molecule is O=[N+]([O-])c1ccccc1CSc1nnnn1C[C@H]1CCCO1. The fourth-order valence-electron chi connectivity index (χ4n) is 2.35. The summed E-state index contributed by atoms with van der Waals surface area (Å²) < 4.78 is 7.28. The van der Waals surface area contributed by atoms with Crippen LogP contribution in [0.3, 0.4) is 0 Å². The lowest BCUT2D eigenvalue weighted by Gasteiger charge is -2.10. The van der Waals surface area contributed by atoms with Crippen LogP contribution in [0, 0.1) is 10.1 Å². The smallest absolute Gasteiger partial charge is 0.273 e. The molecule has 1 aromatic carbocycles. The van der Waals surface area contributed by atoms with E-state index in [4.69, 9.17) is 4.74 Å². The van der Waals surface area contributed by atoms with Gasteiger partial charge in [-0.3, -0.25) is 10.1 Å². The Hall–Kier alpha value is -2.00. The van der Waals surface area contributed by atoms with Crippen LogP contribution in [0.1, 0.15) is 18.4 Å². The quantitative estimate of drug-likeness (QED) is 0.456. The lowest BCUT2D eigenvalue weighted by atomic mass is 10.2. The van der Waals surface area contributed by atoms with Crippen LogP contribution < -0.4 is 0 Å². The van der Waals surface area contributed by atoms with Crippen molar-refractivity contribution in [3.63, 3.8) is 0 Å². The fourth-order valence-corrected chi connectivity index (χ4v) is 3.23. The number of thioether (sulfide) groups is 1. The van der Waals surface area contributed by atoms with Crippen molar-refractivity contribution in [2.45, 2.75) is 36.4 Å². The maximum absolute atomic E-state index is 11.0. The maximum atomic E-state index is 11.0. The predicted molar refractivity (Wildman–Crippen MR) is 79.4 cm³/mol. The van der Waals surface area contributed by atoms with Crippen LogP contribution in [0.25, 0.3) is 0 Å². The maximum Gasteiger partial charge on any atom is 0.273 e. The molecule has 8 nitrogen and oxygen atoms in total. The summed E-state index contributed by atoms with van der Waals surface area (Å²) in [5.74, 6) is 0.447. The molecule has 0 saturated carbocycles. The van der Waals surface area contributed by atoms with E-state index in [0.717, 1.165) is 19.4 Å². The number of rotatable bonds is 6. The monoisotopic (exact) mass is 321 g/mol. The molecule has 0 aliphatic carbocycles. The number of benzene rings is 1. The van der Waals surface area contributed by atoms with Gasteiger partial charge in [0.2, 0.25) is 5.16 Å². The van der Waals surface area contributed by atoms with Gasteiger partial charge in [-0.25, -0.2) is 4.68 Å². The first-order valence-electron chi connectivity index (χ1n) is 6.97. The number of nitro benzene ring substituents is 1. The minimum absolute atomic E-state index is 0.119. The number of para-hydroxylation sites is 1. The van der Waals surface area contributed by atoms with Crippen molar-refractivity contribution in [2.75, 3.05) is 6.61 Å². The lowest BCUT2D eigenvalue weighted by molar-refractivity contribution is -0.385. The molecule has 1 atom stereocenters. The number of nitrogens with zero attached hydrogens (tertiary/aromatic N) is 5. The number of hydrogen-bond donors (Lipinski definition) is 0. The Bertz CT molecular complexity index is 657. The standard InChI is InChI=1S/C13H15N5O3S/c19-18(20)12-6-2-1-4-10(12)9-22-13-14-15-16-17(13)8-11-5-3-7-21-11/h1-2,4,6,11H,3,5,7-9H2/t11-/m1/s1. The number of tetrazole rings is 1. The zero-order chi connectivity index (χ0) is 15.4. The van der Waals surface area contributed by atoms with Gasteiger partial charge in [0.25, 0.3) is 5.69 Å². The molecule has 1 aliphatic rings. The van der Waals surface area contributed by atoms with Crippen LogP contribution in [-0.2, 0) is 17.0 Å². The van der Waals surface area contributed by atoms with E-state index >= 15 is 0 Å². The van der Waals surface area contributed by atoms with Crippen LogP contribution in [0.2, 0.25) is 0 Å². The number of aromatic nitrogens is 4. The number of hydrogen-bond acceptors (Lipinski definition) is 7. The minimum Gasteiger partial charge on any atom is -0.376 e. The highest BCUT2D eigenvalue weighted by molar-refractivity contribution is 7.98. The van der Waals surface area contributed by atoms with Crippen LogP contribution in [0.4, 0.5) is 5.69 Å². The van der Waals surface area contributed by atoms with Crippen molar-refractivity contribution in [3.8, 4) is 0 Å². The van der Waals surface area contributed by atoms with Crippen LogP contribution in [-0.4, -0.2) is 37.8 Å². The Kier molecular flexibility index (Phi) is 4.64. The van der Waals surface area contributed by atoms with Gasteiger partial charge < -0.3 is 4.74 Å². The largest absolute Gasteiger partial charge is 0.376 e. The first-order valence-corrected chi connectivity index (χ1v) is 7.95. The molecular formula is C13H15N5O3S. The Morgan fingerprint density at radius 2 is 2.32 bits per heavy atom. The average molecular weight is 321 g/mol. The van der Waals surface area contributed by atoms with Crippen molar-refractivity contribution < 1.29 is 9.66 Å². The molecule has 0 unspecified atom stereocenters. The summed E-state index contributed by atoms with van der Waals surface area (Å²) in [6, 6.07) is 6.70. The van der Waals surface area contributed by atoms with E-state index in [1.54, 1.807) is 22.9 Å². The molecule has 1 saturated heterocycles. The lowest BCUT2D eigenvalue weighted by Crippen LogP contribution is -2.16. The van der Waals surface area contributed by atoms with Gasteiger partial charge in [0.05, 0.1) is 17.6 Å². The van der Waals surface area contributed by atoms with E-state index in [2.05, 4.69) is 15.5 Å². The van der Waals surface area contributed by atoms with Gasteiger partial charge in [-0.15, -0.1) is 5.10 Å². The molecule has 2 heterocycles. The average Bonchev–Trinajstić information content (AvgIpc) is 3.18. The number of ether oxygens (including phenoxy) is 1. The summed E-state index contributed by atoms with van der Waals surface area (Å²) in [7, 11) is 0. The minimum atomic E-state index is -0.370. The summed E-state index contributed by atoms with van der Waals surface area (Å²) >= 11 is 1.39. The molecule has 3 rings (SSSR count). The van der Waals surface area contributed by atoms with Gasteiger partial charge in [0, 0.05) is 24.0 Å². The third kappa shape index (κ3) is 3.42. The van der Waals surface area contributed by atoms with Crippen molar-refractivity contribution in [1.29, 1.82) is 0 Å². The van der Waals surface area contributed by atoms with Crippen molar-refractivity contribution in [1.82, 2.24) is 20.2 Å². The van der Waals surface area contributed by atoms with Crippen LogP contribution in [0.5, 0.6) is 0 Å². The first kappa shape index (κ1) is 14.9. The molecule has 0 N–H and O–H groups in total. The third-order valence-corrected chi connectivity index (χ3v) is 4.45. The van der Waals surface area contributed by atoms with Gasteiger partial charge in [0.1, 0.15) is 0 Å². The molecule has 0 bridgehead atoms. The zero-order valence-electron chi connectivity index (χ0n) is 11.8. The van der Waals surface area contributed by atoms with E-state index in [1.165, 1.54) is 17.8 Å². The van der Waals surface area contributed by atoms with Gasteiger partial charge in [-0.05, 0) is 23.3 Å². The second-order valence-electron chi connectivity index (χ2n) is 4.95. The van der Waals surface area contributed by atoms with E-state index in [-0.39, 0.29) is 16.7 Å². The van der Waals surface area contributed by atoms with Gasteiger partial charge in [-0.2, -0.15) is 0 Å². The fraction of sp³-hybridized carbons (Fsp3) is 0.462. The summed E-state index contributed by atoms with van der Waals surface area (Å²) in [6.45, 7) is 1.40. The zero-order valence-corrected chi connectivity index (χ0v) is 12.6. The second kappa shape index (κ2) is 6.84. The third-order valence-electron chi connectivity index (χ3n) is 3.44. The Balaban J connectivity index is 1.67. The van der Waals surface area contributed by atoms with Crippen LogP contribution >= 0.6 is 11.8 Å². The second-order valence-corrected chi connectivity index (χ2v) is 5.90. The Labute approximate surface area is 131 Å². The van der Waals surface area contributed by atoms with Crippen molar-refractivity contribution in [2.24, 2.45) is 0 Å². The highest BCUT2D eigenvalue weighted by Gasteiger charge is 2.19. The molecule has 22 heavy (non-hydrogen) atoms. The van der Waals surface area contributed by atoms with E-state index < -0.39 is 0 Å². The molecule has 0 amide bonds. The first-order chi connectivity index (χ1) is 10.7. The summed E-state index contributed by atoms with van der Waals surface area (Å²) in [6.07, 6.45) is 2.22. The molecule has 0 spiro atoms. The molecule has 1 aliphatic heterocycles. The highest BCUT2D eigenvalue weighted by Crippen LogP contribution is 2.26. The van der Waals surface area contributed by atoms with Gasteiger partial charge in [-0.1, -0.05) is 30.0 Å². The Morgan fingerprint density at radius 1 is 1.45 bits per heavy atom. The molecule has 2 aromatic rings. The summed E-state index contributed by atoms with van der Waals surface area (Å²) in [5.41, 5.74) is 0.775. The molecule has 1 fully saturated rings. The molecule has 1 aromatic heterocycles. The van der Waals surface area contributed by atoms with Gasteiger partial charge in [0.15, 0.2) is 0 Å².